The highest BCUT2D eigenvalue weighted by Crippen LogP contribution is 2.22. The number of piperidine rings is 1. The van der Waals surface area contributed by atoms with Crippen molar-refractivity contribution in [2.24, 2.45) is 5.92 Å². The normalized spacial score (nSPS) is 17.1. The molecule has 138 valence electrons. The molecule has 1 heterocycles. The number of urea groups is 2. The number of hydrogen-bond acceptors (Lipinski definition) is 2. The Morgan fingerprint density at radius 2 is 2.20 bits per heavy atom. The van der Waals surface area contributed by atoms with E-state index in [9.17, 15) is 14.0 Å². The standard InChI is InChI=1S/C18H27FN4O2/c1-3-20-17(24)22(2)16-8-4-7-15(12-16)21-18(25)23-11-5-6-14(13-23)9-10-19/h4,7-8,12,14H,3,5-6,9-11,13H2,1-2H3,(H,20,24)(H,21,25). The van der Waals surface area contributed by atoms with E-state index < -0.39 is 0 Å². The molecule has 0 saturated carbocycles. The van der Waals surface area contributed by atoms with Crippen molar-refractivity contribution in [2.75, 3.05) is 43.6 Å². The minimum Gasteiger partial charge on any atom is -0.338 e. The van der Waals surface area contributed by atoms with Gasteiger partial charge in [-0.1, -0.05) is 6.07 Å². The van der Waals surface area contributed by atoms with E-state index in [1.54, 1.807) is 30.1 Å². The topological polar surface area (TPSA) is 64.7 Å². The van der Waals surface area contributed by atoms with Crippen molar-refractivity contribution in [3.63, 3.8) is 0 Å². The Morgan fingerprint density at radius 3 is 2.92 bits per heavy atom. The summed E-state index contributed by atoms with van der Waals surface area (Å²) >= 11 is 0. The van der Waals surface area contributed by atoms with Crippen LogP contribution in [0.1, 0.15) is 26.2 Å². The number of nitrogens with zero attached hydrogens (tertiary/aromatic N) is 2. The lowest BCUT2D eigenvalue weighted by molar-refractivity contribution is 0.170. The molecule has 6 nitrogen and oxygen atoms in total. The molecule has 7 heteroatoms. The molecule has 4 amide bonds. The fourth-order valence-electron chi connectivity index (χ4n) is 3.02. The van der Waals surface area contributed by atoms with Gasteiger partial charge in [0.1, 0.15) is 0 Å². The van der Waals surface area contributed by atoms with Crippen molar-refractivity contribution in [1.82, 2.24) is 10.2 Å². The second-order valence-corrected chi connectivity index (χ2v) is 6.31. The van der Waals surface area contributed by atoms with E-state index in [2.05, 4.69) is 10.6 Å². The Hall–Kier alpha value is -2.31. The predicted molar refractivity (Wildman–Crippen MR) is 97.8 cm³/mol. The van der Waals surface area contributed by atoms with Crippen LogP contribution in [0.5, 0.6) is 0 Å². The van der Waals surface area contributed by atoms with Gasteiger partial charge in [-0.3, -0.25) is 9.29 Å². The highest BCUT2D eigenvalue weighted by molar-refractivity contribution is 5.94. The quantitative estimate of drug-likeness (QED) is 0.854. The molecular weight excluding hydrogens is 323 g/mol. The van der Waals surface area contributed by atoms with Crippen molar-refractivity contribution < 1.29 is 14.0 Å². The first-order valence-corrected chi connectivity index (χ1v) is 8.78. The van der Waals surface area contributed by atoms with Crippen LogP contribution in [0.2, 0.25) is 0 Å². The largest absolute Gasteiger partial charge is 0.338 e. The number of benzene rings is 1. The van der Waals surface area contributed by atoms with Crippen LogP contribution in [-0.2, 0) is 0 Å². The van der Waals surface area contributed by atoms with Crippen LogP contribution < -0.4 is 15.5 Å². The van der Waals surface area contributed by atoms with Gasteiger partial charge in [-0.05, 0) is 50.3 Å². The number of carbonyl (C=O) groups is 2. The van der Waals surface area contributed by atoms with E-state index in [0.717, 1.165) is 12.8 Å². The number of alkyl halides is 1. The second kappa shape index (κ2) is 9.25. The minimum atomic E-state index is -0.339. The summed E-state index contributed by atoms with van der Waals surface area (Å²) in [6.45, 7) is 3.35. The Morgan fingerprint density at radius 1 is 1.40 bits per heavy atom. The molecule has 1 aromatic rings. The zero-order valence-corrected chi connectivity index (χ0v) is 14.9. The molecule has 0 radical (unpaired) electrons. The molecule has 25 heavy (non-hydrogen) atoms. The molecule has 1 aliphatic rings. The van der Waals surface area contributed by atoms with E-state index in [1.807, 2.05) is 13.0 Å². The van der Waals surface area contributed by atoms with Crippen LogP contribution in [0.3, 0.4) is 0 Å². The second-order valence-electron chi connectivity index (χ2n) is 6.31. The van der Waals surface area contributed by atoms with E-state index in [0.29, 0.717) is 37.4 Å². The molecule has 0 bridgehead atoms. The van der Waals surface area contributed by atoms with Gasteiger partial charge in [0.15, 0.2) is 0 Å². The SMILES string of the molecule is CCNC(=O)N(C)c1cccc(NC(=O)N2CCCC(CCF)C2)c1. The van der Waals surface area contributed by atoms with Gasteiger partial charge in [-0.25, -0.2) is 9.59 Å². The van der Waals surface area contributed by atoms with Crippen molar-refractivity contribution in [3.05, 3.63) is 24.3 Å². The molecule has 1 unspecified atom stereocenters. The summed E-state index contributed by atoms with van der Waals surface area (Å²) in [7, 11) is 1.68. The molecule has 0 aliphatic carbocycles. The van der Waals surface area contributed by atoms with Gasteiger partial charge >= 0.3 is 12.1 Å². The first-order chi connectivity index (χ1) is 12.0. The van der Waals surface area contributed by atoms with Gasteiger partial charge in [0.25, 0.3) is 0 Å². The fraction of sp³-hybridized carbons (Fsp3) is 0.556. The number of carbonyl (C=O) groups excluding carboxylic acids is 2. The minimum absolute atomic E-state index is 0.179. The van der Waals surface area contributed by atoms with Crippen LogP contribution in [0.25, 0.3) is 0 Å². The summed E-state index contributed by atoms with van der Waals surface area (Å²) in [6, 6.07) is 6.77. The maximum Gasteiger partial charge on any atom is 0.321 e. The monoisotopic (exact) mass is 350 g/mol. The smallest absolute Gasteiger partial charge is 0.321 e. The van der Waals surface area contributed by atoms with Crippen molar-refractivity contribution in [3.8, 4) is 0 Å². The number of anilines is 2. The van der Waals surface area contributed by atoms with E-state index in [4.69, 9.17) is 0 Å². The Balaban J connectivity index is 1.99. The first-order valence-electron chi connectivity index (χ1n) is 8.78. The van der Waals surface area contributed by atoms with Gasteiger partial charge < -0.3 is 15.5 Å². The number of halogens is 1. The van der Waals surface area contributed by atoms with Gasteiger partial charge in [-0.15, -0.1) is 0 Å². The van der Waals surface area contributed by atoms with E-state index in [1.165, 1.54) is 4.90 Å². The van der Waals surface area contributed by atoms with Crippen LogP contribution in [0.15, 0.2) is 24.3 Å². The molecule has 1 fully saturated rings. The number of rotatable bonds is 5. The highest BCUT2D eigenvalue weighted by atomic mass is 19.1. The zero-order chi connectivity index (χ0) is 18.2. The Labute approximate surface area is 148 Å². The molecule has 2 rings (SSSR count). The first kappa shape index (κ1) is 19.0. The highest BCUT2D eigenvalue weighted by Gasteiger charge is 2.23. The molecule has 0 spiro atoms. The van der Waals surface area contributed by atoms with Gasteiger partial charge in [0.2, 0.25) is 0 Å². The summed E-state index contributed by atoms with van der Waals surface area (Å²) in [4.78, 5) is 27.6. The summed E-state index contributed by atoms with van der Waals surface area (Å²) in [6.07, 6.45) is 2.38. The van der Waals surface area contributed by atoms with Crippen LogP contribution in [-0.4, -0.2) is 50.3 Å². The van der Waals surface area contributed by atoms with Crippen LogP contribution >= 0.6 is 0 Å². The molecular formula is C18H27FN4O2. The van der Waals surface area contributed by atoms with Crippen molar-refractivity contribution in [1.29, 1.82) is 0 Å². The summed E-state index contributed by atoms with van der Waals surface area (Å²) in [5.74, 6) is 0.236. The lowest BCUT2D eigenvalue weighted by Gasteiger charge is -2.32. The van der Waals surface area contributed by atoms with Crippen molar-refractivity contribution >= 4 is 23.4 Å². The third-order valence-corrected chi connectivity index (χ3v) is 4.44. The lowest BCUT2D eigenvalue weighted by atomic mass is 9.96. The number of likely N-dealkylation sites (tertiary alicyclic amines) is 1. The third kappa shape index (κ3) is 5.34. The molecule has 1 saturated heterocycles. The average Bonchev–Trinajstić information content (AvgIpc) is 2.62. The summed E-state index contributed by atoms with van der Waals surface area (Å²) in [5.41, 5.74) is 1.32. The van der Waals surface area contributed by atoms with Gasteiger partial charge in [-0.2, -0.15) is 0 Å². The maximum absolute atomic E-state index is 12.5. The summed E-state index contributed by atoms with van der Waals surface area (Å²) in [5, 5.41) is 5.61. The molecule has 1 aliphatic heterocycles. The molecule has 0 aromatic heterocycles. The average molecular weight is 350 g/mol. The lowest BCUT2D eigenvalue weighted by Crippen LogP contribution is -2.42. The Bertz CT molecular complexity index is 594. The molecule has 2 N–H and O–H groups in total. The van der Waals surface area contributed by atoms with Crippen LogP contribution in [0, 0.1) is 5.92 Å². The summed E-state index contributed by atoms with van der Waals surface area (Å²) < 4.78 is 12.5. The number of hydrogen-bond donors (Lipinski definition) is 2. The van der Waals surface area contributed by atoms with Crippen molar-refractivity contribution in [2.45, 2.75) is 26.2 Å². The van der Waals surface area contributed by atoms with Gasteiger partial charge in [0.05, 0.1) is 6.67 Å². The van der Waals surface area contributed by atoms with Crippen LogP contribution in [0.4, 0.5) is 25.4 Å². The Kier molecular flexibility index (Phi) is 7.03. The van der Waals surface area contributed by atoms with E-state index >= 15 is 0 Å². The number of amides is 4. The fourth-order valence-corrected chi connectivity index (χ4v) is 3.02. The predicted octanol–water partition coefficient (Wildman–Crippen LogP) is 3.46. The van der Waals surface area contributed by atoms with E-state index in [-0.39, 0.29) is 24.7 Å². The third-order valence-electron chi connectivity index (χ3n) is 4.44. The zero-order valence-electron chi connectivity index (χ0n) is 14.9. The number of nitrogens with one attached hydrogen (secondary N) is 2. The maximum atomic E-state index is 12.5. The molecule has 1 atom stereocenters. The van der Waals surface area contributed by atoms with Gasteiger partial charge in [0, 0.05) is 38.1 Å². The molecule has 1 aromatic carbocycles.